The summed E-state index contributed by atoms with van der Waals surface area (Å²) in [6.07, 6.45) is 0. The topological polar surface area (TPSA) is 54.5 Å². The van der Waals surface area contributed by atoms with Gasteiger partial charge in [-0.3, -0.25) is 19.3 Å². The molecule has 0 aliphatic rings. The average Bonchev–Trinajstić information content (AvgIpc) is 2.59. The summed E-state index contributed by atoms with van der Waals surface area (Å²) in [6.45, 7) is 5.12. The predicted molar refractivity (Wildman–Crippen MR) is 87.6 cm³/mol. The van der Waals surface area contributed by atoms with Crippen LogP contribution in [0, 0.1) is 0 Å². The van der Waals surface area contributed by atoms with Crippen molar-refractivity contribution in [3.8, 4) is 0 Å². The van der Waals surface area contributed by atoms with Gasteiger partial charge in [0, 0.05) is 11.1 Å². The second-order valence-electron chi connectivity index (χ2n) is 5.16. The number of rotatable bonds is 5. The summed E-state index contributed by atoms with van der Waals surface area (Å²) in [5, 5.41) is 0. The summed E-state index contributed by atoms with van der Waals surface area (Å²) in [6, 6.07) is 17.2. The van der Waals surface area contributed by atoms with Crippen molar-refractivity contribution in [1.82, 2.24) is 4.90 Å². The number of imide groups is 1. The van der Waals surface area contributed by atoms with Crippen LogP contribution in [-0.4, -0.2) is 22.5 Å². The van der Waals surface area contributed by atoms with Crippen LogP contribution < -0.4 is 0 Å². The Bertz CT molecular complexity index is 736. The molecular weight excluding hydrogens is 290 g/mol. The Morgan fingerprint density at radius 2 is 1.39 bits per heavy atom. The van der Waals surface area contributed by atoms with Crippen molar-refractivity contribution in [2.75, 3.05) is 0 Å². The lowest BCUT2D eigenvalue weighted by Crippen LogP contribution is -2.41. The van der Waals surface area contributed by atoms with Crippen molar-refractivity contribution in [1.29, 1.82) is 0 Å². The maximum Gasteiger partial charge on any atom is 0.302 e. The van der Waals surface area contributed by atoms with Gasteiger partial charge in [-0.15, -0.1) is 0 Å². The molecule has 0 fully saturated rings. The molecule has 0 aliphatic carbocycles. The number of benzene rings is 2. The van der Waals surface area contributed by atoms with E-state index in [1.807, 2.05) is 18.2 Å². The molecule has 0 unspecified atom stereocenters. The van der Waals surface area contributed by atoms with Gasteiger partial charge in [0.15, 0.2) is 0 Å². The zero-order valence-corrected chi connectivity index (χ0v) is 12.9. The third-order valence-corrected chi connectivity index (χ3v) is 3.27. The number of ketones is 1. The highest BCUT2D eigenvalue weighted by Crippen LogP contribution is 2.11. The largest absolute Gasteiger partial charge is 0.302 e. The molecule has 4 heteroatoms. The number of amides is 2. The van der Waals surface area contributed by atoms with Crippen molar-refractivity contribution >= 4 is 17.6 Å². The van der Waals surface area contributed by atoms with E-state index in [1.165, 1.54) is 6.92 Å². The molecule has 0 atom stereocenters. The molecule has 0 N–H and O–H groups in total. The van der Waals surface area contributed by atoms with Crippen LogP contribution in [0.5, 0.6) is 0 Å². The van der Waals surface area contributed by atoms with E-state index in [-0.39, 0.29) is 17.7 Å². The monoisotopic (exact) mass is 307 g/mol. The lowest BCUT2D eigenvalue weighted by atomic mass is 10.1. The molecule has 116 valence electrons. The molecule has 0 bridgehead atoms. The fourth-order valence-corrected chi connectivity index (χ4v) is 2.07. The molecule has 0 aliphatic heterocycles. The van der Waals surface area contributed by atoms with Gasteiger partial charge in [-0.2, -0.15) is 0 Å². The SMILES string of the molecule is C=C(C)C(=O)N(Cc1ccccc1)C(=O)C(=O)c1ccccc1. The van der Waals surface area contributed by atoms with Crippen LogP contribution >= 0.6 is 0 Å². The zero-order chi connectivity index (χ0) is 16.8. The molecule has 0 aromatic heterocycles. The standard InChI is InChI=1S/C19H17NO3/c1-14(2)18(22)20(13-15-9-5-3-6-10-15)19(23)17(21)16-11-7-4-8-12-16/h3-12H,1,13H2,2H3. The molecule has 23 heavy (non-hydrogen) atoms. The number of carbonyl (C=O) groups excluding carboxylic acids is 3. The average molecular weight is 307 g/mol. The van der Waals surface area contributed by atoms with Crippen molar-refractivity contribution in [3.05, 3.63) is 83.9 Å². The third-order valence-electron chi connectivity index (χ3n) is 3.27. The number of nitrogens with zero attached hydrogens (tertiary/aromatic N) is 1. The first-order valence-corrected chi connectivity index (χ1v) is 7.15. The summed E-state index contributed by atoms with van der Waals surface area (Å²) < 4.78 is 0. The van der Waals surface area contributed by atoms with Crippen molar-refractivity contribution < 1.29 is 14.4 Å². The van der Waals surface area contributed by atoms with E-state index in [0.29, 0.717) is 0 Å². The molecule has 2 aromatic carbocycles. The van der Waals surface area contributed by atoms with Crippen molar-refractivity contribution in [3.63, 3.8) is 0 Å². The number of carbonyl (C=O) groups is 3. The van der Waals surface area contributed by atoms with Gasteiger partial charge in [0.05, 0.1) is 6.54 Å². The first-order valence-electron chi connectivity index (χ1n) is 7.15. The van der Waals surface area contributed by atoms with Crippen molar-refractivity contribution in [2.24, 2.45) is 0 Å². The van der Waals surface area contributed by atoms with Gasteiger partial charge in [-0.1, -0.05) is 67.2 Å². The quantitative estimate of drug-likeness (QED) is 0.485. The molecule has 2 rings (SSSR count). The Labute approximate surface area is 135 Å². The minimum absolute atomic E-state index is 0.0317. The van der Waals surface area contributed by atoms with Gasteiger partial charge >= 0.3 is 5.91 Å². The second kappa shape index (κ2) is 7.31. The maximum atomic E-state index is 12.5. The van der Waals surface area contributed by atoms with E-state index < -0.39 is 17.6 Å². The smallest absolute Gasteiger partial charge is 0.283 e. The van der Waals surface area contributed by atoms with E-state index in [9.17, 15) is 14.4 Å². The number of hydrogen-bond donors (Lipinski definition) is 0. The van der Waals surface area contributed by atoms with Crippen LogP contribution in [0.2, 0.25) is 0 Å². The second-order valence-corrected chi connectivity index (χ2v) is 5.16. The minimum atomic E-state index is -0.854. The Balaban J connectivity index is 2.29. The number of Topliss-reactive ketones (excluding diaryl/α,β-unsaturated/α-hetero) is 1. The van der Waals surface area contributed by atoms with Gasteiger partial charge in [-0.05, 0) is 12.5 Å². The van der Waals surface area contributed by atoms with E-state index >= 15 is 0 Å². The maximum absolute atomic E-state index is 12.5. The lowest BCUT2D eigenvalue weighted by Gasteiger charge is -2.20. The van der Waals surface area contributed by atoms with Gasteiger partial charge in [0.2, 0.25) is 0 Å². The van der Waals surface area contributed by atoms with Crippen LogP contribution in [0.3, 0.4) is 0 Å². The highest BCUT2D eigenvalue weighted by Gasteiger charge is 2.28. The van der Waals surface area contributed by atoms with Gasteiger partial charge in [0.1, 0.15) is 0 Å². The summed E-state index contributed by atoms with van der Waals surface area (Å²) in [5.74, 6) is -2.12. The Morgan fingerprint density at radius 1 is 0.870 bits per heavy atom. The Kier molecular flexibility index (Phi) is 5.20. The summed E-state index contributed by atoms with van der Waals surface area (Å²) in [5.41, 5.74) is 1.22. The van der Waals surface area contributed by atoms with Gasteiger partial charge in [0.25, 0.3) is 11.7 Å². The van der Waals surface area contributed by atoms with E-state index in [2.05, 4.69) is 6.58 Å². The summed E-state index contributed by atoms with van der Waals surface area (Å²) >= 11 is 0. The molecule has 0 saturated heterocycles. The fraction of sp³-hybridized carbons (Fsp3) is 0.105. The van der Waals surface area contributed by atoms with Crippen LogP contribution in [-0.2, 0) is 16.1 Å². The first-order chi connectivity index (χ1) is 11.0. The number of hydrogen-bond acceptors (Lipinski definition) is 3. The zero-order valence-electron chi connectivity index (χ0n) is 12.9. The summed E-state index contributed by atoms with van der Waals surface area (Å²) in [7, 11) is 0. The van der Waals surface area contributed by atoms with E-state index in [0.717, 1.165) is 10.5 Å². The molecule has 4 nitrogen and oxygen atoms in total. The van der Waals surface area contributed by atoms with Crippen LogP contribution in [0.15, 0.2) is 72.8 Å². The summed E-state index contributed by atoms with van der Waals surface area (Å²) in [4.78, 5) is 38.1. The van der Waals surface area contributed by atoms with Crippen molar-refractivity contribution in [2.45, 2.75) is 13.5 Å². The molecule has 2 aromatic rings. The van der Waals surface area contributed by atoms with Crippen LogP contribution in [0.4, 0.5) is 0 Å². The third kappa shape index (κ3) is 4.01. The Morgan fingerprint density at radius 3 is 1.91 bits per heavy atom. The van der Waals surface area contributed by atoms with E-state index in [4.69, 9.17) is 0 Å². The van der Waals surface area contributed by atoms with Crippen LogP contribution in [0.1, 0.15) is 22.8 Å². The highest BCUT2D eigenvalue weighted by atomic mass is 16.2. The normalized spacial score (nSPS) is 9.96. The molecule has 0 saturated carbocycles. The molecule has 0 spiro atoms. The van der Waals surface area contributed by atoms with Gasteiger partial charge < -0.3 is 0 Å². The van der Waals surface area contributed by atoms with Gasteiger partial charge in [-0.25, -0.2) is 0 Å². The lowest BCUT2D eigenvalue weighted by molar-refractivity contribution is -0.140. The highest BCUT2D eigenvalue weighted by molar-refractivity contribution is 6.45. The minimum Gasteiger partial charge on any atom is -0.283 e. The fourth-order valence-electron chi connectivity index (χ4n) is 2.07. The molecular formula is C19H17NO3. The molecule has 0 heterocycles. The van der Waals surface area contributed by atoms with Crippen LogP contribution in [0.25, 0.3) is 0 Å². The molecule has 2 amide bonds. The van der Waals surface area contributed by atoms with E-state index in [1.54, 1.807) is 42.5 Å². The first kappa shape index (κ1) is 16.4. The Hall–Kier alpha value is -3.01. The molecule has 0 radical (unpaired) electrons. The predicted octanol–water partition coefficient (Wildman–Crippen LogP) is 3.00.